The number of hydrogen-bond donors (Lipinski definition) is 3. The summed E-state index contributed by atoms with van der Waals surface area (Å²) in [6.07, 6.45) is 3.49. The summed E-state index contributed by atoms with van der Waals surface area (Å²) in [4.78, 5) is 9.73. The van der Waals surface area contributed by atoms with E-state index in [9.17, 15) is 13.5 Å². The van der Waals surface area contributed by atoms with Gasteiger partial charge in [-0.1, -0.05) is 29.8 Å². The molecule has 1 aliphatic carbocycles. The molecule has 1 saturated heterocycles. The zero-order valence-corrected chi connectivity index (χ0v) is 22.1. The van der Waals surface area contributed by atoms with Crippen LogP contribution in [0.2, 0.25) is 5.02 Å². The first kappa shape index (κ1) is 24.7. The van der Waals surface area contributed by atoms with Gasteiger partial charge in [-0.2, -0.15) is 0 Å². The average Bonchev–Trinajstić information content (AvgIpc) is 3.53. The summed E-state index contributed by atoms with van der Waals surface area (Å²) in [7, 11) is -3.57. The predicted molar refractivity (Wildman–Crippen MR) is 145 cm³/mol. The molecule has 3 aromatic heterocycles. The molecule has 0 amide bonds. The quantitative estimate of drug-likeness (QED) is 0.308. The molecule has 2 atom stereocenters. The molecule has 37 heavy (non-hydrogen) atoms. The minimum Gasteiger partial charge on any atom is -0.384 e. The van der Waals surface area contributed by atoms with Crippen LogP contribution in [0, 0.1) is 0 Å². The number of benzene rings is 1. The van der Waals surface area contributed by atoms with Crippen molar-refractivity contribution in [1.29, 1.82) is 0 Å². The Balaban J connectivity index is 1.46. The Morgan fingerprint density at radius 2 is 2.05 bits per heavy atom. The highest BCUT2D eigenvalue weighted by Gasteiger charge is 2.39. The maximum absolute atomic E-state index is 13.0. The number of thiophene rings is 1. The third-order valence-corrected chi connectivity index (χ3v) is 10.3. The van der Waals surface area contributed by atoms with E-state index >= 15 is 0 Å². The molecule has 2 unspecified atom stereocenters. The molecule has 0 bridgehead atoms. The van der Waals surface area contributed by atoms with E-state index in [4.69, 9.17) is 22.1 Å². The van der Waals surface area contributed by atoms with Crippen molar-refractivity contribution >= 4 is 48.9 Å². The SMILES string of the molecule is Nc1ccc(Cl)c(C(NS(=O)(=O)C2CC2)c2cc3cccc(-c4cc(C5(O)CCOC5)ccn4)c3s2)n1. The van der Waals surface area contributed by atoms with Gasteiger partial charge in [0.25, 0.3) is 0 Å². The van der Waals surface area contributed by atoms with Crippen LogP contribution in [0.3, 0.4) is 0 Å². The Hall–Kier alpha value is -2.60. The molecule has 2 fully saturated rings. The van der Waals surface area contributed by atoms with Gasteiger partial charge in [-0.15, -0.1) is 11.3 Å². The number of sulfonamides is 1. The summed E-state index contributed by atoms with van der Waals surface area (Å²) < 4.78 is 35.2. The third-order valence-electron chi connectivity index (χ3n) is 6.84. The highest BCUT2D eigenvalue weighted by Crippen LogP contribution is 2.41. The molecule has 0 spiro atoms. The van der Waals surface area contributed by atoms with Gasteiger partial charge in [-0.25, -0.2) is 18.1 Å². The number of nitrogens with one attached hydrogen (secondary N) is 1. The molecular formula is C26H25ClN4O4S2. The van der Waals surface area contributed by atoms with Crippen LogP contribution in [0.5, 0.6) is 0 Å². The van der Waals surface area contributed by atoms with Crippen molar-refractivity contribution in [3.8, 4) is 11.3 Å². The van der Waals surface area contributed by atoms with Crippen LogP contribution in [-0.4, -0.2) is 42.0 Å². The van der Waals surface area contributed by atoms with E-state index in [-0.39, 0.29) is 12.4 Å². The van der Waals surface area contributed by atoms with Gasteiger partial charge in [-0.3, -0.25) is 4.98 Å². The fraction of sp³-hybridized carbons (Fsp3) is 0.308. The van der Waals surface area contributed by atoms with Crippen LogP contribution < -0.4 is 10.5 Å². The van der Waals surface area contributed by atoms with E-state index in [0.29, 0.717) is 42.3 Å². The molecule has 8 nitrogen and oxygen atoms in total. The lowest BCUT2D eigenvalue weighted by molar-refractivity contribution is 0.0232. The molecule has 11 heteroatoms. The molecule has 6 rings (SSSR count). The van der Waals surface area contributed by atoms with Gasteiger partial charge in [0.05, 0.1) is 34.3 Å². The monoisotopic (exact) mass is 556 g/mol. The van der Waals surface area contributed by atoms with Gasteiger partial charge in [0.15, 0.2) is 0 Å². The first-order valence-electron chi connectivity index (χ1n) is 12.0. The Labute approximate surface area is 223 Å². The molecule has 4 N–H and O–H groups in total. The number of rotatable bonds is 7. The smallest absolute Gasteiger partial charge is 0.215 e. The zero-order chi connectivity index (χ0) is 25.8. The molecular weight excluding hydrogens is 532 g/mol. The molecule has 1 aliphatic heterocycles. The van der Waals surface area contributed by atoms with E-state index in [1.165, 1.54) is 11.3 Å². The maximum atomic E-state index is 13.0. The second-order valence-electron chi connectivity index (χ2n) is 9.54. The lowest BCUT2D eigenvalue weighted by Crippen LogP contribution is -2.32. The Kier molecular flexibility index (Phi) is 6.21. The van der Waals surface area contributed by atoms with E-state index in [2.05, 4.69) is 14.7 Å². The van der Waals surface area contributed by atoms with Crippen molar-refractivity contribution in [3.05, 3.63) is 75.9 Å². The molecule has 4 aromatic rings. The van der Waals surface area contributed by atoms with E-state index in [1.807, 2.05) is 36.4 Å². The van der Waals surface area contributed by atoms with Gasteiger partial charge in [-0.05, 0) is 54.1 Å². The molecule has 1 aromatic carbocycles. The van der Waals surface area contributed by atoms with Gasteiger partial charge in [0.1, 0.15) is 11.4 Å². The number of nitrogen functional groups attached to an aromatic ring is 1. The topological polar surface area (TPSA) is 127 Å². The van der Waals surface area contributed by atoms with Gasteiger partial charge in [0, 0.05) is 34.4 Å². The second kappa shape index (κ2) is 9.30. The summed E-state index contributed by atoms with van der Waals surface area (Å²) in [6, 6.07) is 14.0. The van der Waals surface area contributed by atoms with Crippen LogP contribution in [0.15, 0.2) is 54.7 Å². The number of nitrogens with zero attached hydrogens (tertiary/aromatic N) is 2. The molecule has 192 valence electrons. The standard InChI is InChI=1S/C26H25ClN4O4S2/c27-19-6-7-22(28)30-23(19)24(31-37(33,34)17-4-5-17)21-12-15-2-1-3-18(25(15)36-21)20-13-16(8-10-29-20)26(32)9-11-35-14-26/h1-3,6-8,10,12-13,17,24,31-32H,4-5,9,11,14H2,(H2,28,30). The van der Waals surface area contributed by atoms with Crippen LogP contribution in [0.4, 0.5) is 5.82 Å². The molecule has 4 heterocycles. The maximum Gasteiger partial charge on any atom is 0.215 e. The zero-order valence-electron chi connectivity index (χ0n) is 19.7. The number of hydrogen-bond acceptors (Lipinski definition) is 8. The summed E-state index contributed by atoms with van der Waals surface area (Å²) in [5.74, 6) is 0.256. The minimum absolute atomic E-state index is 0.251. The number of ether oxygens (including phenoxy) is 1. The van der Waals surface area contributed by atoms with Crippen molar-refractivity contribution in [2.45, 2.75) is 36.2 Å². The number of anilines is 1. The molecule has 0 radical (unpaired) electrons. The van der Waals surface area contributed by atoms with E-state index < -0.39 is 26.9 Å². The van der Waals surface area contributed by atoms with Gasteiger partial charge >= 0.3 is 0 Å². The second-order valence-corrected chi connectivity index (χ2v) is 13.0. The van der Waals surface area contributed by atoms with Crippen molar-refractivity contribution in [2.75, 3.05) is 18.9 Å². The van der Waals surface area contributed by atoms with Crippen molar-refractivity contribution in [3.63, 3.8) is 0 Å². The first-order valence-corrected chi connectivity index (χ1v) is 14.7. The predicted octanol–water partition coefficient (Wildman–Crippen LogP) is 4.37. The van der Waals surface area contributed by atoms with Crippen molar-refractivity contribution in [2.24, 2.45) is 0 Å². The number of nitrogens with two attached hydrogens (primary N) is 1. The van der Waals surface area contributed by atoms with Crippen LogP contribution in [-0.2, 0) is 20.4 Å². The third kappa shape index (κ3) is 4.73. The van der Waals surface area contributed by atoms with Crippen LogP contribution >= 0.6 is 22.9 Å². The van der Waals surface area contributed by atoms with Crippen molar-refractivity contribution < 1.29 is 18.3 Å². The average molecular weight is 557 g/mol. The highest BCUT2D eigenvalue weighted by molar-refractivity contribution is 7.90. The van der Waals surface area contributed by atoms with E-state index in [0.717, 1.165) is 26.1 Å². The number of aromatic nitrogens is 2. The Bertz CT molecular complexity index is 1600. The number of fused-ring (bicyclic) bond motifs is 1. The molecule has 1 saturated carbocycles. The van der Waals surface area contributed by atoms with Gasteiger partial charge in [0.2, 0.25) is 10.0 Å². The minimum atomic E-state index is -3.57. The summed E-state index contributed by atoms with van der Waals surface area (Å²) in [6.45, 7) is 0.761. The van der Waals surface area contributed by atoms with Crippen molar-refractivity contribution in [1.82, 2.24) is 14.7 Å². The lowest BCUT2D eigenvalue weighted by Gasteiger charge is -2.21. The summed E-state index contributed by atoms with van der Waals surface area (Å²) in [5, 5.41) is 11.9. The number of halogens is 1. The Morgan fingerprint density at radius 3 is 2.81 bits per heavy atom. The fourth-order valence-electron chi connectivity index (χ4n) is 4.64. The van der Waals surface area contributed by atoms with Gasteiger partial charge < -0.3 is 15.6 Å². The summed E-state index contributed by atoms with van der Waals surface area (Å²) >= 11 is 7.94. The number of pyridine rings is 2. The largest absolute Gasteiger partial charge is 0.384 e. The number of aliphatic hydroxyl groups is 1. The first-order chi connectivity index (χ1) is 17.7. The fourth-order valence-corrected chi connectivity index (χ4v) is 7.68. The lowest BCUT2D eigenvalue weighted by atomic mass is 9.92. The molecule has 2 aliphatic rings. The van der Waals surface area contributed by atoms with Crippen LogP contribution in [0.1, 0.15) is 41.4 Å². The Morgan fingerprint density at radius 1 is 1.22 bits per heavy atom. The van der Waals surface area contributed by atoms with E-state index in [1.54, 1.807) is 18.3 Å². The van der Waals surface area contributed by atoms with Crippen LogP contribution in [0.25, 0.3) is 21.3 Å². The summed E-state index contributed by atoms with van der Waals surface area (Å²) in [5.41, 5.74) is 7.64. The highest BCUT2D eigenvalue weighted by atomic mass is 35.5. The normalized spacial score (nSPS) is 20.9.